The molecule has 1 aliphatic rings. The minimum absolute atomic E-state index is 0.0447. The number of benzene rings is 1. The Labute approximate surface area is 163 Å². The van der Waals surface area contributed by atoms with Crippen molar-refractivity contribution in [3.8, 4) is 0 Å². The summed E-state index contributed by atoms with van der Waals surface area (Å²) < 4.78 is 35.0. The Kier molecular flexibility index (Phi) is 5.49. The predicted octanol–water partition coefficient (Wildman–Crippen LogP) is 3.89. The van der Waals surface area contributed by atoms with E-state index in [2.05, 4.69) is 26.9 Å². The first-order valence-corrected chi connectivity index (χ1v) is 10.4. The quantitative estimate of drug-likeness (QED) is 0.507. The van der Waals surface area contributed by atoms with Gasteiger partial charge in [0.1, 0.15) is 5.76 Å². The second kappa shape index (κ2) is 7.65. The molecular formula is C17H13BrN2O4S2. The highest BCUT2D eigenvalue weighted by atomic mass is 79.9. The van der Waals surface area contributed by atoms with E-state index in [0.29, 0.717) is 10.7 Å². The van der Waals surface area contributed by atoms with Crippen molar-refractivity contribution in [3.05, 3.63) is 70.5 Å². The summed E-state index contributed by atoms with van der Waals surface area (Å²) in [5.74, 6) is 0.146. The molecule has 0 bridgehead atoms. The molecule has 134 valence electrons. The molecule has 0 atom stereocenters. The zero-order valence-electron chi connectivity index (χ0n) is 13.3. The first-order chi connectivity index (χ1) is 12.4. The van der Waals surface area contributed by atoms with Crippen LogP contribution in [0.25, 0.3) is 6.08 Å². The van der Waals surface area contributed by atoms with Gasteiger partial charge < -0.3 is 4.42 Å². The van der Waals surface area contributed by atoms with Crippen LogP contribution in [0.4, 0.5) is 0 Å². The minimum Gasteiger partial charge on any atom is -0.465 e. The first kappa shape index (κ1) is 18.7. The summed E-state index contributed by atoms with van der Waals surface area (Å²) in [6.45, 7) is 3.76. The van der Waals surface area contributed by atoms with Crippen molar-refractivity contribution in [2.45, 2.75) is 4.90 Å². The van der Waals surface area contributed by atoms with E-state index < -0.39 is 10.0 Å². The largest absolute Gasteiger partial charge is 0.465 e. The summed E-state index contributed by atoms with van der Waals surface area (Å²) in [6.07, 6.45) is 4.55. The van der Waals surface area contributed by atoms with Gasteiger partial charge in [-0.05, 0) is 48.2 Å². The molecule has 1 fully saturated rings. The molecule has 0 unspecified atom stereocenters. The van der Waals surface area contributed by atoms with Crippen LogP contribution in [0.15, 0.2) is 78.4 Å². The SMILES string of the molecule is C=CCN1C(=O)C(=Cc2ccco2)SC1=NS(=O)(=O)c1ccc(Br)cc1. The molecule has 26 heavy (non-hydrogen) atoms. The number of nitrogens with zero attached hydrogens (tertiary/aromatic N) is 2. The average Bonchev–Trinajstić information content (AvgIpc) is 3.20. The highest BCUT2D eigenvalue weighted by Gasteiger charge is 2.34. The van der Waals surface area contributed by atoms with Crippen LogP contribution < -0.4 is 0 Å². The van der Waals surface area contributed by atoms with E-state index >= 15 is 0 Å². The standard InChI is InChI=1S/C17H13BrN2O4S2/c1-2-9-20-16(21)15(11-13-4-3-10-24-13)25-17(20)19-26(22,23)14-7-5-12(18)6-8-14/h2-8,10-11H,1,9H2. The van der Waals surface area contributed by atoms with Gasteiger partial charge in [-0.2, -0.15) is 8.42 Å². The molecule has 2 heterocycles. The van der Waals surface area contributed by atoms with Gasteiger partial charge in [-0.3, -0.25) is 9.69 Å². The summed E-state index contributed by atoms with van der Waals surface area (Å²) >= 11 is 4.24. The maximum Gasteiger partial charge on any atom is 0.284 e. The molecule has 1 aromatic heterocycles. The topological polar surface area (TPSA) is 80.0 Å². The molecule has 0 radical (unpaired) electrons. The van der Waals surface area contributed by atoms with Gasteiger partial charge >= 0.3 is 0 Å². The van der Waals surface area contributed by atoms with Gasteiger partial charge in [0.25, 0.3) is 15.9 Å². The molecule has 0 N–H and O–H groups in total. The van der Waals surface area contributed by atoms with Crippen molar-refractivity contribution in [1.82, 2.24) is 4.90 Å². The third kappa shape index (κ3) is 4.00. The number of rotatable bonds is 5. The summed E-state index contributed by atoms with van der Waals surface area (Å²) in [7, 11) is -3.95. The molecule has 2 aromatic rings. The van der Waals surface area contributed by atoms with E-state index in [9.17, 15) is 13.2 Å². The van der Waals surface area contributed by atoms with Gasteiger partial charge in [0.05, 0.1) is 16.1 Å². The van der Waals surface area contributed by atoms with Crippen molar-refractivity contribution in [2.24, 2.45) is 4.40 Å². The number of hydrogen-bond acceptors (Lipinski definition) is 5. The summed E-state index contributed by atoms with van der Waals surface area (Å²) in [5.41, 5.74) is 0. The predicted molar refractivity (Wildman–Crippen MR) is 105 cm³/mol. The maximum absolute atomic E-state index is 12.6. The Bertz CT molecular complexity index is 994. The van der Waals surface area contributed by atoms with Crippen LogP contribution in [0.3, 0.4) is 0 Å². The molecule has 3 rings (SSSR count). The summed E-state index contributed by atoms with van der Waals surface area (Å²) in [4.78, 5) is 14.2. The van der Waals surface area contributed by atoms with Gasteiger partial charge in [0, 0.05) is 17.1 Å². The fourth-order valence-corrected chi connectivity index (χ4v) is 4.57. The third-order valence-corrected chi connectivity index (χ3v) is 6.26. The molecular weight excluding hydrogens is 440 g/mol. The monoisotopic (exact) mass is 452 g/mol. The van der Waals surface area contributed by atoms with Crippen molar-refractivity contribution in [2.75, 3.05) is 6.54 Å². The summed E-state index contributed by atoms with van der Waals surface area (Å²) in [6, 6.07) is 9.52. The first-order valence-electron chi connectivity index (χ1n) is 7.37. The number of hydrogen-bond donors (Lipinski definition) is 0. The molecule has 1 aliphatic heterocycles. The van der Waals surface area contributed by atoms with E-state index in [0.717, 1.165) is 16.2 Å². The number of halogens is 1. The molecule has 1 amide bonds. The van der Waals surface area contributed by atoms with Crippen molar-refractivity contribution in [1.29, 1.82) is 0 Å². The van der Waals surface area contributed by atoms with E-state index in [1.54, 1.807) is 30.3 Å². The van der Waals surface area contributed by atoms with Crippen LogP contribution in [0, 0.1) is 0 Å². The fraction of sp³-hybridized carbons (Fsp3) is 0.0588. The van der Waals surface area contributed by atoms with Gasteiger partial charge in [-0.1, -0.05) is 22.0 Å². The number of amides is 1. The second-order valence-electron chi connectivity index (χ2n) is 5.13. The van der Waals surface area contributed by atoms with Crippen LogP contribution in [-0.4, -0.2) is 30.9 Å². The normalized spacial score (nSPS) is 18.0. The van der Waals surface area contributed by atoms with E-state index in [1.807, 2.05) is 0 Å². The van der Waals surface area contributed by atoms with Crippen molar-refractivity contribution >= 4 is 54.9 Å². The lowest BCUT2D eigenvalue weighted by molar-refractivity contribution is -0.121. The van der Waals surface area contributed by atoms with Crippen LogP contribution >= 0.6 is 27.7 Å². The molecule has 6 nitrogen and oxygen atoms in total. The Morgan fingerprint density at radius 3 is 2.62 bits per heavy atom. The molecule has 1 aromatic carbocycles. The average molecular weight is 453 g/mol. The Balaban J connectivity index is 1.98. The van der Waals surface area contributed by atoms with Gasteiger partial charge in [-0.15, -0.1) is 11.0 Å². The Morgan fingerprint density at radius 2 is 2.00 bits per heavy atom. The number of sulfonamides is 1. The lowest BCUT2D eigenvalue weighted by Crippen LogP contribution is -2.29. The zero-order valence-corrected chi connectivity index (χ0v) is 16.6. The van der Waals surface area contributed by atoms with Crippen LogP contribution in [-0.2, 0) is 14.8 Å². The van der Waals surface area contributed by atoms with Gasteiger partial charge in [-0.25, -0.2) is 0 Å². The number of carbonyl (C=O) groups is 1. The lowest BCUT2D eigenvalue weighted by Gasteiger charge is -2.12. The van der Waals surface area contributed by atoms with Gasteiger partial charge in [0.15, 0.2) is 5.17 Å². The highest BCUT2D eigenvalue weighted by Crippen LogP contribution is 2.33. The molecule has 0 saturated carbocycles. The highest BCUT2D eigenvalue weighted by molar-refractivity contribution is 9.10. The lowest BCUT2D eigenvalue weighted by atomic mass is 10.3. The van der Waals surface area contributed by atoms with E-state index in [1.165, 1.54) is 29.4 Å². The van der Waals surface area contributed by atoms with Crippen molar-refractivity contribution < 1.29 is 17.6 Å². The zero-order chi connectivity index (χ0) is 18.7. The second-order valence-corrected chi connectivity index (χ2v) is 8.66. The van der Waals surface area contributed by atoms with Crippen molar-refractivity contribution in [3.63, 3.8) is 0 Å². The number of thioether (sulfide) groups is 1. The minimum atomic E-state index is -3.95. The van der Waals surface area contributed by atoms with E-state index in [4.69, 9.17) is 4.42 Å². The number of furan rings is 1. The maximum atomic E-state index is 12.6. The van der Waals surface area contributed by atoms with Crippen LogP contribution in [0.5, 0.6) is 0 Å². The molecule has 1 saturated heterocycles. The fourth-order valence-electron chi connectivity index (χ4n) is 2.13. The Hall–Kier alpha value is -2.10. The molecule has 0 spiro atoms. The number of amidine groups is 1. The number of carbonyl (C=O) groups excluding carboxylic acids is 1. The molecule has 0 aliphatic carbocycles. The molecule has 9 heteroatoms. The van der Waals surface area contributed by atoms with E-state index in [-0.39, 0.29) is 22.5 Å². The van der Waals surface area contributed by atoms with Crippen LogP contribution in [0.2, 0.25) is 0 Å². The smallest absolute Gasteiger partial charge is 0.284 e. The third-order valence-electron chi connectivity index (χ3n) is 3.33. The van der Waals surface area contributed by atoms with Crippen LogP contribution in [0.1, 0.15) is 5.76 Å². The Morgan fingerprint density at radius 1 is 1.27 bits per heavy atom. The van der Waals surface area contributed by atoms with Gasteiger partial charge in [0.2, 0.25) is 0 Å². The summed E-state index contributed by atoms with van der Waals surface area (Å²) in [5, 5.41) is 0.0793.